The molecule has 0 saturated carbocycles. The van der Waals surface area contributed by atoms with Gasteiger partial charge in [0.1, 0.15) is 17.3 Å². The molecule has 0 unspecified atom stereocenters. The Hall–Kier alpha value is -2.50. The highest BCUT2D eigenvalue weighted by molar-refractivity contribution is 5.94. The Labute approximate surface area is 121 Å². The van der Waals surface area contributed by atoms with Crippen LogP contribution >= 0.6 is 0 Å². The Bertz CT molecular complexity index is 633. The first-order chi connectivity index (χ1) is 10.0. The summed E-state index contributed by atoms with van der Waals surface area (Å²) in [5.41, 5.74) is 1.36. The van der Waals surface area contributed by atoms with Gasteiger partial charge in [0.05, 0.1) is 0 Å². The highest BCUT2D eigenvalue weighted by atomic mass is 19.1. The smallest absolute Gasteiger partial charge is 0.251 e. The van der Waals surface area contributed by atoms with Crippen molar-refractivity contribution in [2.75, 3.05) is 12.4 Å². The molecule has 0 aliphatic heterocycles. The lowest BCUT2D eigenvalue weighted by atomic mass is 10.1. The minimum atomic E-state index is -0.806. The highest BCUT2D eigenvalue weighted by Crippen LogP contribution is 2.20. The Morgan fingerprint density at radius 1 is 1.24 bits per heavy atom. The molecule has 0 aliphatic rings. The molecule has 2 N–H and O–H groups in total. The van der Waals surface area contributed by atoms with Crippen LogP contribution in [0.1, 0.15) is 21.6 Å². The molecule has 0 bridgehead atoms. The lowest BCUT2D eigenvalue weighted by molar-refractivity contribution is 0.0950. The fraction of sp³-hybridized carbons (Fsp3) is 0.200. The van der Waals surface area contributed by atoms with E-state index in [9.17, 15) is 13.6 Å². The van der Waals surface area contributed by atoms with Crippen LogP contribution in [-0.4, -0.2) is 17.9 Å². The average Bonchev–Trinajstić information content (AvgIpc) is 2.46. The first kappa shape index (κ1) is 14.9. The summed E-state index contributed by atoms with van der Waals surface area (Å²) in [7, 11) is 1.41. The van der Waals surface area contributed by atoms with Gasteiger partial charge in [-0.15, -0.1) is 0 Å². The van der Waals surface area contributed by atoms with Gasteiger partial charge in [0.25, 0.3) is 5.91 Å². The van der Waals surface area contributed by atoms with Crippen molar-refractivity contribution in [3.63, 3.8) is 0 Å². The predicted octanol–water partition coefficient (Wildman–Crippen LogP) is 2.64. The van der Waals surface area contributed by atoms with Crippen LogP contribution in [0.15, 0.2) is 30.5 Å². The Morgan fingerprint density at radius 2 is 1.90 bits per heavy atom. The number of benzene rings is 1. The SMILES string of the molecule is CNc1c(F)cc(C(=O)NCc2ccc(C)nc2)cc1F. The molecular formula is C15H15F2N3O. The summed E-state index contributed by atoms with van der Waals surface area (Å²) in [5.74, 6) is -2.16. The van der Waals surface area contributed by atoms with Gasteiger partial charge in [0.2, 0.25) is 0 Å². The third-order valence-electron chi connectivity index (χ3n) is 2.98. The first-order valence-corrected chi connectivity index (χ1v) is 6.38. The predicted molar refractivity (Wildman–Crippen MR) is 76.0 cm³/mol. The summed E-state index contributed by atoms with van der Waals surface area (Å²) < 4.78 is 27.2. The van der Waals surface area contributed by atoms with Crippen molar-refractivity contribution < 1.29 is 13.6 Å². The molecular weight excluding hydrogens is 276 g/mol. The highest BCUT2D eigenvalue weighted by Gasteiger charge is 2.14. The summed E-state index contributed by atoms with van der Waals surface area (Å²) in [6.07, 6.45) is 1.64. The maximum Gasteiger partial charge on any atom is 0.251 e. The molecule has 4 nitrogen and oxygen atoms in total. The van der Waals surface area contributed by atoms with Crippen LogP contribution in [0.4, 0.5) is 14.5 Å². The van der Waals surface area contributed by atoms with Gasteiger partial charge in [-0.05, 0) is 30.7 Å². The van der Waals surface area contributed by atoms with Crippen molar-refractivity contribution in [2.45, 2.75) is 13.5 Å². The van der Waals surface area contributed by atoms with Gasteiger partial charge in [-0.1, -0.05) is 6.07 Å². The van der Waals surface area contributed by atoms with Crippen LogP contribution < -0.4 is 10.6 Å². The molecule has 1 heterocycles. The molecule has 1 aromatic carbocycles. The molecule has 0 saturated heterocycles. The van der Waals surface area contributed by atoms with Crippen LogP contribution in [0.3, 0.4) is 0 Å². The number of carbonyl (C=O) groups is 1. The van der Waals surface area contributed by atoms with Crippen molar-refractivity contribution in [2.24, 2.45) is 0 Å². The van der Waals surface area contributed by atoms with E-state index in [-0.39, 0.29) is 17.8 Å². The van der Waals surface area contributed by atoms with Gasteiger partial charge in [0.15, 0.2) is 0 Å². The standard InChI is InChI=1S/C15H15F2N3O/c1-9-3-4-10(7-19-9)8-20-15(21)11-5-12(16)14(18-2)13(17)6-11/h3-7,18H,8H2,1-2H3,(H,20,21). The van der Waals surface area contributed by atoms with Crippen LogP contribution in [0, 0.1) is 18.6 Å². The quantitative estimate of drug-likeness (QED) is 0.910. The fourth-order valence-corrected chi connectivity index (χ4v) is 1.83. The van der Waals surface area contributed by atoms with Crippen LogP contribution in [0.5, 0.6) is 0 Å². The topological polar surface area (TPSA) is 54.0 Å². The molecule has 110 valence electrons. The maximum atomic E-state index is 13.6. The minimum absolute atomic E-state index is 0.0657. The Balaban J connectivity index is 2.08. The number of hydrogen-bond donors (Lipinski definition) is 2. The van der Waals surface area contributed by atoms with Crippen LogP contribution in [-0.2, 0) is 6.54 Å². The number of nitrogens with one attached hydrogen (secondary N) is 2. The molecule has 0 radical (unpaired) electrons. The molecule has 0 aliphatic carbocycles. The second-order valence-corrected chi connectivity index (χ2v) is 4.56. The monoisotopic (exact) mass is 291 g/mol. The van der Waals surface area contributed by atoms with Crippen molar-refractivity contribution in [3.8, 4) is 0 Å². The van der Waals surface area contributed by atoms with Crippen molar-refractivity contribution in [1.29, 1.82) is 0 Å². The van der Waals surface area contributed by atoms with E-state index < -0.39 is 17.5 Å². The average molecular weight is 291 g/mol. The van der Waals surface area contributed by atoms with Gasteiger partial charge in [0, 0.05) is 31.0 Å². The number of aryl methyl sites for hydroxylation is 1. The van der Waals surface area contributed by atoms with E-state index in [1.165, 1.54) is 7.05 Å². The third-order valence-corrected chi connectivity index (χ3v) is 2.98. The van der Waals surface area contributed by atoms with E-state index in [4.69, 9.17) is 0 Å². The number of carbonyl (C=O) groups excluding carboxylic acids is 1. The van der Waals surface area contributed by atoms with E-state index in [2.05, 4.69) is 15.6 Å². The third kappa shape index (κ3) is 3.53. The summed E-state index contributed by atoms with van der Waals surface area (Å²) in [6.45, 7) is 2.10. The van der Waals surface area contributed by atoms with Gasteiger partial charge in [-0.2, -0.15) is 0 Å². The van der Waals surface area contributed by atoms with Gasteiger partial charge in [-0.3, -0.25) is 9.78 Å². The summed E-state index contributed by atoms with van der Waals surface area (Å²) in [5, 5.41) is 5.00. The Morgan fingerprint density at radius 3 is 2.43 bits per heavy atom. The van der Waals surface area contributed by atoms with E-state index in [0.29, 0.717) is 0 Å². The number of halogens is 2. The zero-order valence-electron chi connectivity index (χ0n) is 11.7. The second-order valence-electron chi connectivity index (χ2n) is 4.56. The molecule has 0 spiro atoms. The number of amides is 1. The lowest BCUT2D eigenvalue weighted by Crippen LogP contribution is -2.23. The van der Waals surface area contributed by atoms with E-state index in [0.717, 1.165) is 23.4 Å². The normalized spacial score (nSPS) is 10.3. The number of nitrogens with zero attached hydrogens (tertiary/aromatic N) is 1. The van der Waals surface area contributed by atoms with E-state index in [1.54, 1.807) is 6.20 Å². The number of anilines is 1. The maximum absolute atomic E-state index is 13.6. The molecule has 0 fully saturated rings. The Kier molecular flexibility index (Phi) is 4.47. The van der Waals surface area contributed by atoms with Gasteiger partial charge >= 0.3 is 0 Å². The summed E-state index contributed by atoms with van der Waals surface area (Å²) in [4.78, 5) is 16.0. The summed E-state index contributed by atoms with van der Waals surface area (Å²) in [6, 6.07) is 5.64. The van der Waals surface area contributed by atoms with Crippen molar-refractivity contribution in [1.82, 2.24) is 10.3 Å². The van der Waals surface area contributed by atoms with Gasteiger partial charge in [-0.25, -0.2) is 8.78 Å². The molecule has 2 rings (SSSR count). The summed E-state index contributed by atoms with van der Waals surface area (Å²) >= 11 is 0. The molecule has 2 aromatic rings. The molecule has 1 amide bonds. The van der Waals surface area contributed by atoms with E-state index in [1.807, 2.05) is 19.1 Å². The zero-order chi connectivity index (χ0) is 15.4. The fourth-order valence-electron chi connectivity index (χ4n) is 1.83. The van der Waals surface area contributed by atoms with Gasteiger partial charge < -0.3 is 10.6 Å². The number of rotatable bonds is 4. The molecule has 6 heteroatoms. The zero-order valence-corrected chi connectivity index (χ0v) is 11.7. The minimum Gasteiger partial charge on any atom is -0.383 e. The number of hydrogen-bond acceptors (Lipinski definition) is 3. The second kappa shape index (κ2) is 6.30. The number of pyridine rings is 1. The van der Waals surface area contributed by atoms with Crippen LogP contribution in [0.2, 0.25) is 0 Å². The van der Waals surface area contributed by atoms with E-state index >= 15 is 0 Å². The lowest BCUT2D eigenvalue weighted by Gasteiger charge is -2.08. The molecule has 1 aromatic heterocycles. The first-order valence-electron chi connectivity index (χ1n) is 6.38. The molecule has 0 atom stereocenters. The van der Waals surface area contributed by atoms with Crippen LogP contribution in [0.25, 0.3) is 0 Å². The van der Waals surface area contributed by atoms with Crippen molar-refractivity contribution in [3.05, 3.63) is 58.9 Å². The molecule has 21 heavy (non-hydrogen) atoms. The number of aromatic nitrogens is 1. The largest absolute Gasteiger partial charge is 0.383 e. The van der Waals surface area contributed by atoms with Crippen molar-refractivity contribution >= 4 is 11.6 Å².